The van der Waals surface area contributed by atoms with Crippen LogP contribution in [0.1, 0.15) is 15.9 Å². The van der Waals surface area contributed by atoms with Crippen LogP contribution in [-0.2, 0) is 18.2 Å². The molecule has 0 unspecified atom stereocenters. The monoisotopic (exact) mass is 263 g/mol. The Kier molecular flexibility index (Phi) is 3.79. The van der Waals surface area contributed by atoms with E-state index in [0.717, 1.165) is 11.6 Å². The van der Waals surface area contributed by atoms with Gasteiger partial charge < -0.3 is 10.5 Å². The van der Waals surface area contributed by atoms with E-state index in [4.69, 9.17) is 10.5 Å². The van der Waals surface area contributed by atoms with Crippen LogP contribution in [0.3, 0.4) is 0 Å². The molecule has 2 aromatic rings. The highest BCUT2D eigenvalue weighted by Gasteiger charge is 2.09. The average molecular weight is 263 g/mol. The molecule has 6 heteroatoms. The molecule has 5 nitrogen and oxygen atoms in total. The van der Waals surface area contributed by atoms with Crippen LogP contribution in [0.25, 0.3) is 0 Å². The van der Waals surface area contributed by atoms with Crippen LogP contribution in [-0.4, -0.2) is 22.4 Å². The number of nitrogens with two attached hydrogens (primary N) is 1. The maximum absolute atomic E-state index is 13.0. The van der Waals surface area contributed by atoms with Crippen molar-refractivity contribution < 1.29 is 13.9 Å². The summed E-state index contributed by atoms with van der Waals surface area (Å²) < 4.78 is 19.7. The number of hydrogen-bond donors (Lipinski definition) is 1. The van der Waals surface area contributed by atoms with Gasteiger partial charge in [-0.15, -0.1) is 0 Å². The number of nitrogens with zero attached hydrogens (tertiary/aromatic N) is 2. The van der Waals surface area contributed by atoms with Gasteiger partial charge in [-0.1, -0.05) is 0 Å². The Labute approximate surface area is 109 Å². The molecule has 0 amide bonds. The molecule has 1 heterocycles. The van der Waals surface area contributed by atoms with Crippen LogP contribution in [0, 0.1) is 5.82 Å². The average Bonchev–Trinajstić information content (AvgIpc) is 2.78. The van der Waals surface area contributed by atoms with Gasteiger partial charge in [0.2, 0.25) is 0 Å². The lowest BCUT2D eigenvalue weighted by Crippen LogP contribution is -2.08. The van der Waals surface area contributed by atoms with Gasteiger partial charge in [-0.05, 0) is 23.8 Å². The Morgan fingerprint density at radius 1 is 1.53 bits per heavy atom. The van der Waals surface area contributed by atoms with Crippen LogP contribution in [0.5, 0.6) is 0 Å². The Bertz CT molecular complexity index is 595. The summed E-state index contributed by atoms with van der Waals surface area (Å²) in [5.41, 5.74) is 6.54. The Balaban J connectivity index is 1.89. The molecule has 100 valence electrons. The van der Waals surface area contributed by atoms with E-state index in [0.29, 0.717) is 6.42 Å². The summed E-state index contributed by atoms with van der Waals surface area (Å²) in [6.45, 7) is 0.238. The van der Waals surface area contributed by atoms with Gasteiger partial charge in [-0.25, -0.2) is 9.18 Å². The molecule has 0 aliphatic heterocycles. The minimum Gasteiger partial charge on any atom is -0.462 e. The van der Waals surface area contributed by atoms with Gasteiger partial charge >= 0.3 is 5.97 Å². The fourth-order valence-corrected chi connectivity index (χ4v) is 1.62. The zero-order chi connectivity index (χ0) is 13.8. The second-order valence-electron chi connectivity index (χ2n) is 4.14. The summed E-state index contributed by atoms with van der Waals surface area (Å²) >= 11 is 0. The van der Waals surface area contributed by atoms with Crippen molar-refractivity contribution in [3.05, 3.63) is 47.5 Å². The van der Waals surface area contributed by atoms with Crippen LogP contribution in [0.4, 0.5) is 10.1 Å². The predicted molar refractivity (Wildman–Crippen MR) is 68.0 cm³/mol. The van der Waals surface area contributed by atoms with Gasteiger partial charge in [0.15, 0.2) is 0 Å². The maximum atomic E-state index is 13.0. The van der Waals surface area contributed by atoms with E-state index in [-0.39, 0.29) is 17.9 Å². The number of esters is 1. The standard InChI is InChI=1S/C13H14FN3O2/c1-17-8-9(7-16-17)4-5-19-13(18)10-2-3-11(14)12(15)6-10/h2-3,6-8H,4-5,15H2,1H3. The predicted octanol–water partition coefficient (Wildman–Crippen LogP) is 1.54. The van der Waals surface area contributed by atoms with Crippen molar-refractivity contribution in [2.45, 2.75) is 6.42 Å². The van der Waals surface area contributed by atoms with E-state index < -0.39 is 11.8 Å². The third-order valence-electron chi connectivity index (χ3n) is 2.61. The molecule has 0 aliphatic carbocycles. The first-order valence-corrected chi connectivity index (χ1v) is 5.76. The first-order valence-electron chi connectivity index (χ1n) is 5.76. The van der Waals surface area contributed by atoms with Crippen molar-refractivity contribution >= 4 is 11.7 Å². The highest BCUT2D eigenvalue weighted by Crippen LogP contribution is 2.13. The van der Waals surface area contributed by atoms with Crippen molar-refractivity contribution in [1.82, 2.24) is 9.78 Å². The lowest BCUT2D eigenvalue weighted by atomic mass is 10.2. The minimum atomic E-state index is -0.549. The number of nitrogen functional groups attached to an aromatic ring is 1. The zero-order valence-electron chi connectivity index (χ0n) is 10.5. The van der Waals surface area contributed by atoms with E-state index in [1.165, 1.54) is 12.1 Å². The highest BCUT2D eigenvalue weighted by molar-refractivity contribution is 5.90. The van der Waals surface area contributed by atoms with Gasteiger partial charge in [0, 0.05) is 19.7 Å². The molecule has 1 aromatic heterocycles. The molecule has 0 fully saturated rings. The Morgan fingerprint density at radius 3 is 2.95 bits per heavy atom. The number of benzene rings is 1. The molecule has 0 atom stereocenters. The summed E-state index contributed by atoms with van der Waals surface area (Å²) in [4.78, 5) is 11.7. The van der Waals surface area contributed by atoms with Crippen LogP contribution < -0.4 is 5.73 Å². The summed E-state index contributed by atoms with van der Waals surface area (Å²) in [5.74, 6) is -1.07. The molecular weight excluding hydrogens is 249 g/mol. The number of ether oxygens (including phenoxy) is 1. The van der Waals surface area contributed by atoms with Crippen molar-refractivity contribution in [3.8, 4) is 0 Å². The van der Waals surface area contributed by atoms with E-state index in [9.17, 15) is 9.18 Å². The summed E-state index contributed by atoms with van der Waals surface area (Å²) in [6, 6.07) is 3.76. The molecule has 0 bridgehead atoms. The van der Waals surface area contributed by atoms with Crippen LogP contribution in [0.2, 0.25) is 0 Å². The molecule has 0 saturated heterocycles. The van der Waals surface area contributed by atoms with Crippen molar-refractivity contribution in [3.63, 3.8) is 0 Å². The number of rotatable bonds is 4. The summed E-state index contributed by atoms with van der Waals surface area (Å²) in [6.07, 6.45) is 4.14. The molecule has 0 radical (unpaired) electrons. The number of halogens is 1. The fraction of sp³-hybridized carbons (Fsp3) is 0.231. The maximum Gasteiger partial charge on any atom is 0.338 e. The van der Waals surface area contributed by atoms with Crippen LogP contribution in [0.15, 0.2) is 30.6 Å². The number of anilines is 1. The number of carbonyl (C=O) groups is 1. The molecule has 0 spiro atoms. The molecule has 1 aromatic carbocycles. The van der Waals surface area contributed by atoms with Gasteiger partial charge in [0.1, 0.15) is 5.82 Å². The van der Waals surface area contributed by atoms with Gasteiger partial charge in [-0.2, -0.15) is 5.10 Å². The molecule has 2 rings (SSSR count). The normalized spacial score (nSPS) is 10.4. The largest absolute Gasteiger partial charge is 0.462 e. The summed E-state index contributed by atoms with van der Waals surface area (Å²) in [7, 11) is 1.82. The van der Waals surface area contributed by atoms with Gasteiger partial charge in [-0.3, -0.25) is 4.68 Å². The van der Waals surface area contributed by atoms with E-state index in [1.807, 2.05) is 13.2 Å². The highest BCUT2D eigenvalue weighted by atomic mass is 19.1. The van der Waals surface area contributed by atoms with E-state index in [2.05, 4.69) is 5.10 Å². The molecule has 19 heavy (non-hydrogen) atoms. The Morgan fingerprint density at radius 2 is 2.32 bits per heavy atom. The number of hydrogen-bond acceptors (Lipinski definition) is 4. The molecular formula is C13H14FN3O2. The van der Waals surface area contributed by atoms with Crippen molar-refractivity contribution in [2.75, 3.05) is 12.3 Å². The van der Waals surface area contributed by atoms with Crippen molar-refractivity contribution in [2.24, 2.45) is 7.05 Å². The SMILES string of the molecule is Cn1cc(CCOC(=O)c2ccc(F)c(N)c2)cn1. The fourth-order valence-electron chi connectivity index (χ4n) is 1.62. The van der Waals surface area contributed by atoms with E-state index >= 15 is 0 Å². The quantitative estimate of drug-likeness (QED) is 0.671. The van der Waals surface area contributed by atoms with Gasteiger partial charge in [0.05, 0.1) is 24.1 Å². The second-order valence-corrected chi connectivity index (χ2v) is 4.14. The van der Waals surface area contributed by atoms with Gasteiger partial charge in [0.25, 0.3) is 0 Å². The third kappa shape index (κ3) is 3.31. The lowest BCUT2D eigenvalue weighted by Gasteiger charge is -2.05. The molecule has 0 aliphatic rings. The molecule has 2 N–H and O–H groups in total. The third-order valence-corrected chi connectivity index (χ3v) is 2.61. The lowest BCUT2D eigenvalue weighted by molar-refractivity contribution is 0.0509. The minimum absolute atomic E-state index is 0.0679. The number of carbonyl (C=O) groups excluding carboxylic acids is 1. The molecule has 0 saturated carbocycles. The first kappa shape index (κ1) is 13.1. The zero-order valence-corrected chi connectivity index (χ0v) is 10.5. The second kappa shape index (κ2) is 5.51. The van der Waals surface area contributed by atoms with E-state index in [1.54, 1.807) is 10.9 Å². The van der Waals surface area contributed by atoms with Crippen LogP contribution >= 0.6 is 0 Å². The number of aromatic nitrogens is 2. The Hall–Kier alpha value is -2.37. The summed E-state index contributed by atoms with van der Waals surface area (Å²) in [5, 5.41) is 4.01. The van der Waals surface area contributed by atoms with Crippen molar-refractivity contribution in [1.29, 1.82) is 0 Å². The smallest absolute Gasteiger partial charge is 0.338 e. The topological polar surface area (TPSA) is 70.1 Å². The first-order chi connectivity index (χ1) is 9.06. The number of aryl methyl sites for hydroxylation is 1.